The molecule has 0 spiro atoms. The van der Waals surface area contributed by atoms with Gasteiger partial charge in [0.1, 0.15) is 0 Å². The first-order chi connectivity index (χ1) is 11.5. The van der Waals surface area contributed by atoms with Gasteiger partial charge in [-0.3, -0.25) is 4.79 Å². The standard InChI is InChI=1S/C19H24N2O3/c1-4-24-19(23)15-9-7-14(8-10-15)17-12-16(18(22)20-13-17)6-5-11-21(2)3/h7-10,12-13H,4-6,11H2,1-3H3,(H,20,22). The molecule has 0 saturated heterocycles. The lowest BCUT2D eigenvalue weighted by molar-refractivity contribution is 0.0526. The van der Waals surface area contributed by atoms with Crippen molar-refractivity contribution in [1.29, 1.82) is 0 Å². The molecule has 0 radical (unpaired) electrons. The Morgan fingerprint density at radius 2 is 1.88 bits per heavy atom. The number of carbonyl (C=O) groups is 1. The molecule has 0 unspecified atom stereocenters. The maximum Gasteiger partial charge on any atom is 0.338 e. The molecule has 1 aromatic heterocycles. The zero-order valence-electron chi connectivity index (χ0n) is 14.5. The molecule has 0 aliphatic carbocycles. The number of ether oxygens (including phenoxy) is 1. The van der Waals surface area contributed by atoms with Crippen LogP contribution in [-0.2, 0) is 11.2 Å². The molecule has 2 aromatic rings. The Balaban J connectivity index is 2.16. The number of aryl methyl sites for hydroxylation is 1. The van der Waals surface area contributed by atoms with E-state index in [2.05, 4.69) is 9.88 Å². The van der Waals surface area contributed by atoms with E-state index in [1.165, 1.54) is 0 Å². The minimum Gasteiger partial charge on any atom is -0.462 e. The Kier molecular flexibility index (Phi) is 6.32. The minimum atomic E-state index is -0.324. The fraction of sp³-hybridized carbons (Fsp3) is 0.368. The Labute approximate surface area is 142 Å². The zero-order chi connectivity index (χ0) is 17.5. The topological polar surface area (TPSA) is 62.4 Å². The van der Waals surface area contributed by atoms with Crippen LogP contribution in [0, 0.1) is 0 Å². The van der Waals surface area contributed by atoms with Gasteiger partial charge >= 0.3 is 5.97 Å². The Bertz CT molecular complexity index is 733. The summed E-state index contributed by atoms with van der Waals surface area (Å²) in [6.45, 7) is 3.08. The molecule has 0 aliphatic rings. The SMILES string of the molecule is CCOC(=O)c1ccc(-c2c[nH]c(=O)c(CCCN(C)C)c2)cc1. The summed E-state index contributed by atoms with van der Waals surface area (Å²) in [5.41, 5.74) is 3.15. The highest BCUT2D eigenvalue weighted by atomic mass is 16.5. The van der Waals surface area contributed by atoms with Crippen molar-refractivity contribution in [2.45, 2.75) is 19.8 Å². The minimum absolute atomic E-state index is 0.0411. The summed E-state index contributed by atoms with van der Waals surface area (Å²) in [5, 5.41) is 0. The molecule has 0 amide bonds. The van der Waals surface area contributed by atoms with Gasteiger partial charge in [0.15, 0.2) is 0 Å². The van der Waals surface area contributed by atoms with Crippen molar-refractivity contribution < 1.29 is 9.53 Å². The maximum absolute atomic E-state index is 12.0. The van der Waals surface area contributed by atoms with E-state index in [9.17, 15) is 9.59 Å². The number of pyridine rings is 1. The number of aromatic nitrogens is 1. The molecular formula is C19H24N2O3. The highest BCUT2D eigenvalue weighted by Gasteiger charge is 2.08. The summed E-state index contributed by atoms with van der Waals surface area (Å²) in [6, 6.07) is 9.13. The van der Waals surface area contributed by atoms with Crippen LogP contribution in [0.3, 0.4) is 0 Å². The van der Waals surface area contributed by atoms with Crippen molar-refractivity contribution in [3.05, 3.63) is 58.0 Å². The van der Waals surface area contributed by atoms with Gasteiger partial charge in [-0.25, -0.2) is 4.79 Å². The first-order valence-corrected chi connectivity index (χ1v) is 8.15. The molecule has 1 aromatic carbocycles. The Morgan fingerprint density at radius 3 is 2.50 bits per heavy atom. The van der Waals surface area contributed by atoms with Gasteiger partial charge in [0.2, 0.25) is 0 Å². The third-order valence-electron chi connectivity index (χ3n) is 3.76. The number of carbonyl (C=O) groups excluding carboxylic acids is 1. The first kappa shape index (κ1) is 17.9. The predicted octanol–water partition coefficient (Wildman–Crippen LogP) is 2.71. The molecule has 0 saturated carbocycles. The normalized spacial score (nSPS) is 10.8. The van der Waals surface area contributed by atoms with E-state index in [0.717, 1.165) is 36.1 Å². The smallest absolute Gasteiger partial charge is 0.338 e. The van der Waals surface area contributed by atoms with Crippen LogP contribution in [0.25, 0.3) is 11.1 Å². The third-order valence-corrected chi connectivity index (χ3v) is 3.76. The lowest BCUT2D eigenvalue weighted by atomic mass is 10.0. The number of hydrogen-bond acceptors (Lipinski definition) is 4. The van der Waals surface area contributed by atoms with Gasteiger partial charge in [-0.1, -0.05) is 12.1 Å². The fourth-order valence-corrected chi connectivity index (χ4v) is 2.48. The zero-order valence-corrected chi connectivity index (χ0v) is 14.5. The van der Waals surface area contributed by atoms with Crippen molar-refractivity contribution in [3.8, 4) is 11.1 Å². The van der Waals surface area contributed by atoms with Crippen LogP contribution in [-0.4, -0.2) is 43.1 Å². The summed E-state index contributed by atoms with van der Waals surface area (Å²) >= 11 is 0. The first-order valence-electron chi connectivity index (χ1n) is 8.15. The number of nitrogens with one attached hydrogen (secondary N) is 1. The predicted molar refractivity (Wildman–Crippen MR) is 95.3 cm³/mol. The van der Waals surface area contributed by atoms with Crippen LogP contribution in [0.5, 0.6) is 0 Å². The number of nitrogens with zero attached hydrogens (tertiary/aromatic N) is 1. The van der Waals surface area contributed by atoms with E-state index < -0.39 is 0 Å². The fourth-order valence-electron chi connectivity index (χ4n) is 2.48. The quantitative estimate of drug-likeness (QED) is 0.794. The summed E-state index contributed by atoms with van der Waals surface area (Å²) < 4.78 is 4.98. The van der Waals surface area contributed by atoms with Crippen molar-refractivity contribution in [2.24, 2.45) is 0 Å². The summed E-state index contributed by atoms with van der Waals surface area (Å²) in [4.78, 5) is 28.6. The van der Waals surface area contributed by atoms with Gasteiger partial charge in [0, 0.05) is 11.8 Å². The third kappa shape index (κ3) is 4.80. The van der Waals surface area contributed by atoms with E-state index in [0.29, 0.717) is 12.2 Å². The molecule has 0 fully saturated rings. The van der Waals surface area contributed by atoms with Gasteiger partial charge < -0.3 is 14.6 Å². The van der Waals surface area contributed by atoms with Gasteiger partial charge in [-0.2, -0.15) is 0 Å². The number of benzene rings is 1. The van der Waals surface area contributed by atoms with Gasteiger partial charge in [0.05, 0.1) is 12.2 Å². The molecule has 0 aliphatic heterocycles. The highest BCUT2D eigenvalue weighted by molar-refractivity contribution is 5.90. The van der Waals surface area contributed by atoms with Crippen LogP contribution < -0.4 is 5.56 Å². The van der Waals surface area contributed by atoms with E-state index in [-0.39, 0.29) is 11.5 Å². The number of aromatic amines is 1. The molecule has 24 heavy (non-hydrogen) atoms. The van der Waals surface area contributed by atoms with E-state index in [1.54, 1.807) is 25.3 Å². The summed E-state index contributed by atoms with van der Waals surface area (Å²) in [5.74, 6) is -0.324. The van der Waals surface area contributed by atoms with Crippen molar-refractivity contribution >= 4 is 5.97 Å². The van der Waals surface area contributed by atoms with Crippen LogP contribution in [0.2, 0.25) is 0 Å². The van der Waals surface area contributed by atoms with Crippen LogP contribution in [0.4, 0.5) is 0 Å². The Hall–Kier alpha value is -2.40. The van der Waals surface area contributed by atoms with Crippen molar-refractivity contribution in [1.82, 2.24) is 9.88 Å². The summed E-state index contributed by atoms with van der Waals surface area (Å²) in [6.07, 6.45) is 3.38. The van der Waals surface area contributed by atoms with Crippen LogP contribution in [0.1, 0.15) is 29.3 Å². The molecule has 5 heteroatoms. The van der Waals surface area contributed by atoms with Crippen molar-refractivity contribution in [2.75, 3.05) is 27.2 Å². The number of hydrogen-bond donors (Lipinski definition) is 1. The maximum atomic E-state index is 12.0. The monoisotopic (exact) mass is 328 g/mol. The average Bonchev–Trinajstić information content (AvgIpc) is 2.56. The molecule has 0 bridgehead atoms. The number of esters is 1. The largest absolute Gasteiger partial charge is 0.462 e. The van der Waals surface area contributed by atoms with Crippen LogP contribution >= 0.6 is 0 Å². The highest BCUT2D eigenvalue weighted by Crippen LogP contribution is 2.19. The average molecular weight is 328 g/mol. The molecule has 1 heterocycles. The molecule has 128 valence electrons. The molecular weight excluding hydrogens is 304 g/mol. The molecule has 2 rings (SSSR count). The van der Waals surface area contributed by atoms with Gasteiger partial charge in [-0.05, 0) is 69.7 Å². The van der Waals surface area contributed by atoms with Crippen LogP contribution in [0.15, 0.2) is 41.3 Å². The van der Waals surface area contributed by atoms with E-state index in [1.807, 2.05) is 32.3 Å². The molecule has 5 nitrogen and oxygen atoms in total. The number of rotatable bonds is 7. The lowest BCUT2D eigenvalue weighted by Gasteiger charge is -2.09. The second kappa shape index (κ2) is 8.45. The second-order valence-corrected chi connectivity index (χ2v) is 5.95. The second-order valence-electron chi connectivity index (χ2n) is 5.95. The van der Waals surface area contributed by atoms with E-state index in [4.69, 9.17) is 4.74 Å². The summed E-state index contributed by atoms with van der Waals surface area (Å²) in [7, 11) is 4.04. The van der Waals surface area contributed by atoms with Gasteiger partial charge in [-0.15, -0.1) is 0 Å². The van der Waals surface area contributed by atoms with E-state index >= 15 is 0 Å². The number of H-pyrrole nitrogens is 1. The molecule has 0 atom stereocenters. The van der Waals surface area contributed by atoms with Gasteiger partial charge in [0.25, 0.3) is 5.56 Å². The molecule has 1 N–H and O–H groups in total. The Morgan fingerprint density at radius 1 is 1.17 bits per heavy atom. The lowest BCUT2D eigenvalue weighted by Crippen LogP contribution is -2.17. The van der Waals surface area contributed by atoms with Crippen molar-refractivity contribution in [3.63, 3.8) is 0 Å².